The second kappa shape index (κ2) is 3.75. The van der Waals surface area contributed by atoms with Crippen LogP contribution in [0.25, 0.3) is 0 Å². The summed E-state index contributed by atoms with van der Waals surface area (Å²) in [5.74, 6) is 0.532. The SMILES string of the molecule is OC1O[C@@H](CC2CC2)[C@@H](O)[C@@H](O)[C@H]1O. The molecule has 2 fully saturated rings. The number of ether oxygens (including phenoxy) is 1. The molecule has 1 aliphatic carbocycles. The zero-order chi connectivity index (χ0) is 10.3. The van der Waals surface area contributed by atoms with E-state index in [0.717, 1.165) is 12.8 Å². The quantitative estimate of drug-likeness (QED) is 0.443. The summed E-state index contributed by atoms with van der Waals surface area (Å²) in [4.78, 5) is 0. The van der Waals surface area contributed by atoms with Crippen molar-refractivity contribution in [1.82, 2.24) is 0 Å². The van der Waals surface area contributed by atoms with E-state index in [0.29, 0.717) is 12.3 Å². The molecule has 1 aliphatic heterocycles. The van der Waals surface area contributed by atoms with Gasteiger partial charge in [0.25, 0.3) is 0 Å². The topological polar surface area (TPSA) is 90.2 Å². The molecular formula is C9H16O5. The molecule has 1 saturated carbocycles. The third kappa shape index (κ3) is 1.92. The zero-order valence-electron chi connectivity index (χ0n) is 7.78. The first kappa shape index (κ1) is 10.3. The molecule has 0 bridgehead atoms. The van der Waals surface area contributed by atoms with Crippen LogP contribution in [0.2, 0.25) is 0 Å². The van der Waals surface area contributed by atoms with Crippen molar-refractivity contribution < 1.29 is 25.2 Å². The highest BCUT2D eigenvalue weighted by Gasteiger charge is 2.44. The Balaban J connectivity index is 1.95. The Labute approximate surface area is 81.9 Å². The molecule has 14 heavy (non-hydrogen) atoms. The van der Waals surface area contributed by atoms with Crippen LogP contribution in [0.15, 0.2) is 0 Å². The molecule has 2 aliphatic rings. The Morgan fingerprint density at radius 1 is 0.929 bits per heavy atom. The maximum Gasteiger partial charge on any atom is 0.183 e. The number of aliphatic hydroxyl groups is 4. The van der Waals surface area contributed by atoms with Gasteiger partial charge in [-0.15, -0.1) is 0 Å². The predicted molar refractivity (Wildman–Crippen MR) is 46.2 cm³/mol. The number of rotatable bonds is 2. The minimum Gasteiger partial charge on any atom is -0.388 e. The van der Waals surface area contributed by atoms with Crippen molar-refractivity contribution in [2.75, 3.05) is 0 Å². The van der Waals surface area contributed by atoms with E-state index in [1.54, 1.807) is 0 Å². The highest BCUT2D eigenvalue weighted by atomic mass is 16.6. The van der Waals surface area contributed by atoms with Gasteiger partial charge in [0.2, 0.25) is 0 Å². The van der Waals surface area contributed by atoms with E-state index in [-0.39, 0.29) is 0 Å². The molecule has 1 saturated heterocycles. The fraction of sp³-hybridized carbons (Fsp3) is 1.00. The van der Waals surface area contributed by atoms with Gasteiger partial charge in [0.05, 0.1) is 6.10 Å². The first-order chi connectivity index (χ1) is 6.59. The van der Waals surface area contributed by atoms with E-state index in [1.807, 2.05) is 0 Å². The van der Waals surface area contributed by atoms with Crippen molar-refractivity contribution >= 4 is 0 Å². The highest BCUT2D eigenvalue weighted by molar-refractivity contribution is 4.91. The maximum atomic E-state index is 9.56. The van der Waals surface area contributed by atoms with Crippen molar-refractivity contribution in [2.45, 2.75) is 50.0 Å². The third-order valence-corrected chi connectivity index (χ3v) is 2.95. The Kier molecular flexibility index (Phi) is 2.77. The molecule has 1 heterocycles. The van der Waals surface area contributed by atoms with Gasteiger partial charge in [0, 0.05) is 0 Å². The highest BCUT2D eigenvalue weighted by Crippen LogP contribution is 2.36. The lowest BCUT2D eigenvalue weighted by Crippen LogP contribution is -2.57. The number of hydrogen-bond donors (Lipinski definition) is 4. The van der Waals surface area contributed by atoms with Crippen LogP contribution in [0.1, 0.15) is 19.3 Å². The minimum atomic E-state index is -1.42. The van der Waals surface area contributed by atoms with E-state index >= 15 is 0 Å². The van der Waals surface area contributed by atoms with Crippen LogP contribution < -0.4 is 0 Å². The van der Waals surface area contributed by atoms with Crippen molar-refractivity contribution in [3.63, 3.8) is 0 Å². The number of aliphatic hydroxyl groups excluding tert-OH is 4. The van der Waals surface area contributed by atoms with Crippen molar-refractivity contribution in [3.8, 4) is 0 Å². The fourth-order valence-electron chi connectivity index (χ4n) is 1.81. The van der Waals surface area contributed by atoms with E-state index in [4.69, 9.17) is 4.74 Å². The largest absolute Gasteiger partial charge is 0.388 e. The molecule has 0 aromatic heterocycles. The summed E-state index contributed by atoms with van der Waals surface area (Å²) in [6.45, 7) is 0. The maximum absolute atomic E-state index is 9.56. The standard InChI is InChI=1S/C9H16O5/c10-6-5(3-4-1-2-4)14-9(13)8(12)7(6)11/h4-13H,1-3H2/t5-,6+,7+,8+,9?/m0/s1. The summed E-state index contributed by atoms with van der Waals surface area (Å²) < 4.78 is 5.03. The van der Waals surface area contributed by atoms with Crippen LogP contribution in [0.4, 0.5) is 0 Å². The molecule has 5 nitrogen and oxygen atoms in total. The van der Waals surface area contributed by atoms with Crippen LogP contribution in [0, 0.1) is 5.92 Å². The molecule has 4 N–H and O–H groups in total. The van der Waals surface area contributed by atoms with Crippen LogP contribution in [0.5, 0.6) is 0 Å². The molecule has 0 spiro atoms. The zero-order valence-corrected chi connectivity index (χ0v) is 7.78. The molecule has 5 heteroatoms. The molecule has 82 valence electrons. The minimum absolute atomic E-state index is 0.532. The van der Waals surface area contributed by atoms with Gasteiger partial charge >= 0.3 is 0 Å². The molecule has 0 aromatic rings. The van der Waals surface area contributed by atoms with Crippen molar-refractivity contribution in [1.29, 1.82) is 0 Å². The van der Waals surface area contributed by atoms with E-state index < -0.39 is 30.7 Å². The molecule has 1 unspecified atom stereocenters. The number of hydrogen-bond acceptors (Lipinski definition) is 5. The molecule has 5 atom stereocenters. The van der Waals surface area contributed by atoms with Gasteiger partial charge in [-0.3, -0.25) is 0 Å². The van der Waals surface area contributed by atoms with Crippen LogP contribution in [-0.4, -0.2) is 51.1 Å². The molecule has 0 radical (unpaired) electrons. The summed E-state index contributed by atoms with van der Waals surface area (Å²) >= 11 is 0. The Hall–Kier alpha value is -0.200. The van der Waals surface area contributed by atoms with Gasteiger partial charge in [-0.2, -0.15) is 0 Å². The van der Waals surface area contributed by atoms with Crippen LogP contribution >= 0.6 is 0 Å². The third-order valence-electron chi connectivity index (χ3n) is 2.95. The summed E-state index contributed by atoms with van der Waals surface area (Å²) in [6, 6.07) is 0. The summed E-state index contributed by atoms with van der Waals surface area (Å²) in [6.07, 6.45) is -2.92. The predicted octanol–water partition coefficient (Wildman–Crippen LogP) is -1.41. The van der Waals surface area contributed by atoms with Gasteiger partial charge < -0.3 is 25.2 Å². The van der Waals surface area contributed by atoms with Gasteiger partial charge in [0.15, 0.2) is 6.29 Å². The molecular weight excluding hydrogens is 188 g/mol. The lowest BCUT2D eigenvalue weighted by molar-refractivity contribution is -0.283. The monoisotopic (exact) mass is 204 g/mol. The Bertz CT molecular complexity index is 205. The fourth-order valence-corrected chi connectivity index (χ4v) is 1.81. The molecule has 2 rings (SSSR count). The second-order valence-electron chi connectivity index (χ2n) is 4.22. The van der Waals surface area contributed by atoms with E-state index in [2.05, 4.69) is 0 Å². The second-order valence-corrected chi connectivity index (χ2v) is 4.22. The molecule has 0 amide bonds. The van der Waals surface area contributed by atoms with Gasteiger partial charge in [-0.05, 0) is 12.3 Å². The van der Waals surface area contributed by atoms with E-state index in [1.165, 1.54) is 0 Å². The van der Waals surface area contributed by atoms with Crippen molar-refractivity contribution in [3.05, 3.63) is 0 Å². The molecule has 0 aromatic carbocycles. The lowest BCUT2D eigenvalue weighted by atomic mass is 9.95. The van der Waals surface area contributed by atoms with Crippen LogP contribution in [0.3, 0.4) is 0 Å². The van der Waals surface area contributed by atoms with Gasteiger partial charge in [-0.25, -0.2) is 0 Å². The smallest absolute Gasteiger partial charge is 0.183 e. The average Bonchev–Trinajstić information content (AvgIpc) is 2.94. The summed E-state index contributed by atoms with van der Waals surface area (Å²) in [5, 5.41) is 37.4. The average molecular weight is 204 g/mol. The summed E-state index contributed by atoms with van der Waals surface area (Å²) in [5.41, 5.74) is 0. The Morgan fingerprint density at radius 2 is 1.57 bits per heavy atom. The van der Waals surface area contributed by atoms with Gasteiger partial charge in [0.1, 0.15) is 18.3 Å². The first-order valence-corrected chi connectivity index (χ1v) is 4.97. The first-order valence-electron chi connectivity index (χ1n) is 4.97. The van der Waals surface area contributed by atoms with Crippen molar-refractivity contribution in [2.24, 2.45) is 5.92 Å². The van der Waals surface area contributed by atoms with Crippen LogP contribution in [-0.2, 0) is 4.74 Å². The van der Waals surface area contributed by atoms with E-state index in [9.17, 15) is 20.4 Å². The summed E-state index contributed by atoms with van der Waals surface area (Å²) in [7, 11) is 0. The Morgan fingerprint density at radius 3 is 2.14 bits per heavy atom. The lowest BCUT2D eigenvalue weighted by Gasteiger charge is -2.38. The van der Waals surface area contributed by atoms with Gasteiger partial charge in [-0.1, -0.05) is 12.8 Å². The normalized spacial score (nSPS) is 49.3.